The van der Waals surface area contributed by atoms with Gasteiger partial charge >= 0.3 is 5.97 Å². The summed E-state index contributed by atoms with van der Waals surface area (Å²) in [6.07, 6.45) is 1.33. The van der Waals surface area contributed by atoms with Gasteiger partial charge in [0.25, 0.3) is 5.91 Å². The SMILES string of the molecule is COC(=O)c1cc2c(nc1C)CCN(C(=O)c1ccc(OC)cc1C)CC2. The standard InChI is InChI=1S/C21H24N2O4/c1-13-11-16(26-3)5-6-17(13)20(24)23-9-7-15-12-18(21(25)27-4)14(2)22-19(15)8-10-23/h5-6,11-12H,7-10H2,1-4H3. The molecule has 0 unspecified atom stereocenters. The van der Waals surface area contributed by atoms with Crippen LogP contribution in [-0.2, 0) is 17.6 Å². The number of hydrogen-bond acceptors (Lipinski definition) is 5. The van der Waals surface area contributed by atoms with E-state index in [1.807, 2.05) is 30.0 Å². The Morgan fingerprint density at radius 1 is 1.04 bits per heavy atom. The number of esters is 1. The number of carbonyl (C=O) groups excluding carboxylic acids is 2. The number of nitrogens with zero attached hydrogens (tertiary/aromatic N) is 2. The Hall–Kier alpha value is -2.89. The Labute approximate surface area is 159 Å². The van der Waals surface area contributed by atoms with Crippen molar-refractivity contribution in [3.63, 3.8) is 0 Å². The van der Waals surface area contributed by atoms with Crippen molar-refractivity contribution in [1.29, 1.82) is 0 Å². The van der Waals surface area contributed by atoms with Crippen LogP contribution in [-0.4, -0.2) is 49.1 Å². The van der Waals surface area contributed by atoms with Gasteiger partial charge in [-0.15, -0.1) is 0 Å². The lowest BCUT2D eigenvalue weighted by Crippen LogP contribution is -2.33. The van der Waals surface area contributed by atoms with Gasteiger partial charge in [-0.1, -0.05) is 0 Å². The molecule has 0 atom stereocenters. The van der Waals surface area contributed by atoms with Gasteiger partial charge in [0.05, 0.1) is 25.5 Å². The number of aryl methyl sites for hydroxylation is 2. The van der Waals surface area contributed by atoms with E-state index < -0.39 is 0 Å². The normalized spacial score (nSPS) is 13.6. The first-order chi connectivity index (χ1) is 12.9. The smallest absolute Gasteiger partial charge is 0.339 e. The van der Waals surface area contributed by atoms with Crippen LogP contribution in [0.15, 0.2) is 24.3 Å². The Bertz CT molecular complexity index is 892. The number of amides is 1. The zero-order chi connectivity index (χ0) is 19.6. The van der Waals surface area contributed by atoms with E-state index in [1.165, 1.54) is 7.11 Å². The lowest BCUT2D eigenvalue weighted by atomic mass is 10.0. The van der Waals surface area contributed by atoms with Crippen molar-refractivity contribution >= 4 is 11.9 Å². The molecule has 0 N–H and O–H groups in total. The van der Waals surface area contributed by atoms with E-state index in [2.05, 4.69) is 4.98 Å². The van der Waals surface area contributed by atoms with Gasteiger partial charge in [-0.3, -0.25) is 9.78 Å². The molecule has 142 valence electrons. The Morgan fingerprint density at radius 2 is 1.78 bits per heavy atom. The van der Waals surface area contributed by atoms with Crippen LogP contribution in [0.4, 0.5) is 0 Å². The van der Waals surface area contributed by atoms with Crippen LogP contribution in [0.1, 0.15) is 43.2 Å². The van der Waals surface area contributed by atoms with Gasteiger partial charge in [0.15, 0.2) is 0 Å². The van der Waals surface area contributed by atoms with E-state index in [0.717, 1.165) is 22.6 Å². The molecule has 0 radical (unpaired) electrons. The molecule has 1 aromatic carbocycles. The fraction of sp³-hybridized carbons (Fsp3) is 0.381. The van der Waals surface area contributed by atoms with Crippen LogP contribution in [0.3, 0.4) is 0 Å². The number of benzene rings is 1. The minimum Gasteiger partial charge on any atom is -0.497 e. The lowest BCUT2D eigenvalue weighted by Gasteiger charge is -2.21. The molecule has 3 rings (SSSR count). The number of hydrogen-bond donors (Lipinski definition) is 0. The Kier molecular flexibility index (Phi) is 5.44. The second-order valence-electron chi connectivity index (χ2n) is 6.69. The van der Waals surface area contributed by atoms with Crippen molar-refractivity contribution in [2.24, 2.45) is 0 Å². The summed E-state index contributed by atoms with van der Waals surface area (Å²) in [5.74, 6) is 0.365. The Balaban J connectivity index is 1.82. The molecule has 1 aliphatic rings. The maximum absolute atomic E-state index is 13.0. The molecule has 1 aliphatic heterocycles. The highest BCUT2D eigenvalue weighted by atomic mass is 16.5. The highest BCUT2D eigenvalue weighted by Crippen LogP contribution is 2.22. The maximum Gasteiger partial charge on any atom is 0.339 e. The molecular formula is C21H24N2O4. The third-order valence-corrected chi connectivity index (χ3v) is 5.01. The van der Waals surface area contributed by atoms with Gasteiger partial charge in [-0.05, 0) is 55.7 Å². The molecule has 0 saturated heterocycles. The molecule has 1 aromatic heterocycles. The van der Waals surface area contributed by atoms with Gasteiger partial charge in [0.1, 0.15) is 5.75 Å². The monoisotopic (exact) mass is 368 g/mol. The minimum absolute atomic E-state index is 0.00729. The van der Waals surface area contributed by atoms with Crippen molar-refractivity contribution in [1.82, 2.24) is 9.88 Å². The van der Waals surface area contributed by atoms with E-state index >= 15 is 0 Å². The minimum atomic E-state index is -0.381. The van der Waals surface area contributed by atoms with E-state index in [-0.39, 0.29) is 11.9 Å². The third kappa shape index (κ3) is 3.79. The summed E-state index contributed by atoms with van der Waals surface area (Å²) >= 11 is 0. The van der Waals surface area contributed by atoms with E-state index in [1.54, 1.807) is 20.1 Å². The maximum atomic E-state index is 13.0. The summed E-state index contributed by atoms with van der Waals surface area (Å²) in [6, 6.07) is 7.34. The van der Waals surface area contributed by atoms with Crippen LogP contribution in [0.25, 0.3) is 0 Å². The average Bonchev–Trinajstić information content (AvgIpc) is 2.88. The third-order valence-electron chi connectivity index (χ3n) is 5.01. The predicted octanol–water partition coefficient (Wildman–Crippen LogP) is 2.73. The van der Waals surface area contributed by atoms with Crippen LogP contribution < -0.4 is 4.74 Å². The lowest BCUT2D eigenvalue weighted by molar-refractivity contribution is 0.0598. The summed E-state index contributed by atoms with van der Waals surface area (Å²) in [4.78, 5) is 31.4. The first kappa shape index (κ1) is 18.9. The summed E-state index contributed by atoms with van der Waals surface area (Å²) in [6.45, 7) is 4.90. The van der Waals surface area contributed by atoms with Crippen LogP contribution in [0, 0.1) is 13.8 Å². The number of rotatable bonds is 3. The first-order valence-electron chi connectivity index (χ1n) is 8.96. The second-order valence-corrected chi connectivity index (χ2v) is 6.69. The molecule has 0 aliphatic carbocycles. The highest BCUT2D eigenvalue weighted by Gasteiger charge is 2.23. The molecule has 0 saturated carbocycles. The fourth-order valence-corrected chi connectivity index (χ4v) is 3.43. The molecule has 27 heavy (non-hydrogen) atoms. The van der Waals surface area contributed by atoms with Crippen molar-refractivity contribution in [3.8, 4) is 5.75 Å². The number of pyridine rings is 1. The summed E-state index contributed by atoms with van der Waals surface area (Å²) in [5.41, 5.74) is 4.67. The molecular weight excluding hydrogens is 344 g/mol. The Morgan fingerprint density at radius 3 is 2.44 bits per heavy atom. The summed E-state index contributed by atoms with van der Waals surface area (Å²) < 4.78 is 10.1. The van der Waals surface area contributed by atoms with E-state index in [4.69, 9.17) is 9.47 Å². The van der Waals surface area contributed by atoms with Crippen LogP contribution >= 0.6 is 0 Å². The number of methoxy groups -OCH3 is 2. The van der Waals surface area contributed by atoms with Crippen LogP contribution in [0.2, 0.25) is 0 Å². The highest BCUT2D eigenvalue weighted by molar-refractivity contribution is 5.96. The van der Waals surface area contributed by atoms with Crippen molar-refractivity contribution < 1.29 is 19.1 Å². The number of ether oxygens (including phenoxy) is 2. The molecule has 6 heteroatoms. The van der Waals surface area contributed by atoms with Gasteiger partial charge < -0.3 is 14.4 Å². The molecule has 1 amide bonds. The number of fused-ring (bicyclic) bond motifs is 1. The second kappa shape index (κ2) is 7.78. The van der Waals surface area contributed by atoms with Gasteiger partial charge in [0.2, 0.25) is 0 Å². The quantitative estimate of drug-likeness (QED) is 0.779. The molecule has 2 heterocycles. The molecule has 2 aromatic rings. The van der Waals surface area contributed by atoms with Gasteiger partial charge in [-0.2, -0.15) is 0 Å². The van der Waals surface area contributed by atoms with Gasteiger partial charge in [-0.25, -0.2) is 4.79 Å². The molecule has 0 bridgehead atoms. The predicted molar refractivity (Wildman–Crippen MR) is 101 cm³/mol. The molecule has 0 fully saturated rings. The van der Waals surface area contributed by atoms with E-state index in [9.17, 15) is 9.59 Å². The summed E-state index contributed by atoms with van der Waals surface area (Å²) in [7, 11) is 2.98. The molecule has 0 spiro atoms. The van der Waals surface area contributed by atoms with Crippen molar-refractivity contribution in [2.75, 3.05) is 27.3 Å². The zero-order valence-corrected chi connectivity index (χ0v) is 16.2. The number of carbonyl (C=O) groups is 2. The van der Waals surface area contributed by atoms with E-state index in [0.29, 0.717) is 42.8 Å². The van der Waals surface area contributed by atoms with Crippen molar-refractivity contribution in [2.45, 2.75) is 26.7 Å². The number of aromatic nitrogens is 1. The largest absolute Gasteiger partial charge is 0.497 e. The van der Waals surface area contributed by atoms with Gasteiger partial charge in [0, 0.05) is 30.8 Å². The topological polar surface area (TPSA) is 68.7 Å². The average molecular weight is 368 g/mol. The zero-order valence-electron chi connectivity index (χ0n) is 16.2. The fourth-order valence-electron chi connectivity index (χ4n) is 3.43. The van der Waals surface area contributed by atoms with Crippen LogP contribution in [0.5, 0.6) is 5.75 Å². The summed E-state index contributed by atoms with van der Waals surface area (Å²) in [5, 5.41) is 0. The van der Waals surface area contributed by atoms with Crippen molar-refractivity contribution in [3.05, 3.63) is 57.9 Å². The molecule has 6 nitrogen and oxygen atoms in total. The first-order valence-corrected chi connectivity index (χ1v) is 8.96.